The highest BCUT2D eigenvalue weighted by atomic mass is 19.1. The highest BCUT2D eigenvalue weighted by molar-refractivity contribution is 5.83. The third-order valence-electron chi connectivity index (χ3n) is 5.03. The molecule has 1 amide bonds. The second kappa shape index (κ2) is 8.02. The van der Waals surface area contributed by atoms with Gasteiger partial charge in [-0.25, -0.2) is 9.18 Å². The number of methoxy groups -OCH3 is 1. The molecule has 7 nitrogen and oxygen atoms in total. The van der Waals surface area contributed by atoms with E-state index in [0.717, 1.165) is 16.8 Å². The maximum atomic E-state index is 14.9. The summed E-state index contributed by atoms with van der Waals surface area (Å²) in [5, 5.41) is 4.72. The molecule has 0 unspecified atom stereocenters. The van der Waals surface area contributed by atoms with Crippen molar-refractivity contribution in [3.8, 4) is 28.1 Å². The second-order valence-corrected chi connectivity index (χ2v) is 8.38. The van der Waals surface area contributed by atoms with Gasteiger partial charge in [-0.05, 0) is 50.6 Å². The summed E-state index contributed by atoms with van der Waals surface area (Å²) in [6, 6.07) is 8.43. The van der Waals surface area contributed by atoms with Crippen LogP contribution in [-0.2, 0) is 17.8 Å². The van der Waals surface area contributed by atoms with Gasteiger partial charge in [-0.3, -0.25) is 9.67 Å². The van der Waals surface area contributed by atoms with Gasteiger partial charge in [-0.15, -0.1) is 0 Å². The molecule has 31 heavy (non-hydrogen) atoms. The van der Waals surface area contributed by atoms with E-state index in [1.807, 2.05) is 37.6 Å². The number of hydrogen-bond donors (Lipinski definition) is 0. The molecule has 0 bridgehead atoms. The Morgan fingerprint density at radius 3 is 2.52 bits per heavy atom. The molecular weight excluding hydrogens is 399 g/mol. The van der Waals surface area contributed by atoms with Gasteiger partial charge >= 0.3 is 6.09 Å². The summed E-state index contributed by atoms with van der Waals surface area (Å²) in [5.41, 5.74) is 2.77. The minimum absolute atomic E-state index is 0.317. The van der Waals surface area contributed by atoms with E-state index in [1.165, 1.54) is 13.2 Å². The topological polar surface area (TPSA) is 69.5 Å². The smallest absolute Gasteiger partial charge is 0.410 e. The molecule has 0 aliphatic carbocycles. The van der Waals surface area contributed by atoms with Crippen LogP contribution >= 0.6 is 0 Å². The zero-order valence-corrected chi connectivity index (χ0v) is 18.1. The molecule has 1 aliphatic heterocycles. The SMILES string of the molecule is COc1ccc(-c2nn3c(c2-c2ccncc2)CN(C(=O)OC(C)(C)C)CC3)c(F)c1. The molecule has 3 aromatic rings. The van der Waals surface area contributed by atoms with Gasteiger partial charge in [0, 0.05) is 36.1 Å². The zero-order chi connectivity index (χ0) is 22.2. The molecule has 4 rings (SSSR count). The number of carbonyl (C=O) groups is 1. The van der Waals surface area contributed by atoms with Crippen molar-refractivity contribution >= 4 is 6.09 Å². The molecule has 0 radical (unpaired) electrons. The lowest BCUT2D eigenvalue weighted by atomic mass is 9.98. The molecule has 0 fully saturated rings. The number of nitrogens with zero attached hydrogens (tertiary/aromatic N) is 4. The van der Waals surface area contributed by atoms with Crippen LogP contribution in [0.5, 0.6) is 5.75 Å². The van der Waals surface area contributed by atoms with Crippen molar-refractivity contribution < 1.29 is 18.7 Å². The molecule has 2 aromatic heterocycles. The van der Waals surface area contributed by atoms with Crippen LogP contribution in [0.15, 0.2) is 42.7 Å². The molecule has 0 atom stereocenters. The minimum atomic E-state index is -0.583. The zero-order valence-electron chi connectivity index (χ0n) is 18.1. The summed E-state index contributed by atoms with van der Waals surface area (Å²) >= 11 is 0. The summed E-state index contributed by atoms with van der Waals surface area (Å²) < 4.78 is 27.5. The van der Waals surface area contributed by atoms with Crippen LogP contribution in [0.25, 0.3) is 22.4 Å². The van der Waals surface area contributed by atoms with E-state index < -0.39 is 11.4 Å². The summed E-state index contributed by atoms with van der Waals surface area (Å²) in [5.74, 6) is 0.0147. The number of rotatable bonds is 3. The predicted molar refractivity (Wildman–Crippen MR) is 114 cm³/mol. The van der Waals surface area contributed by atoms with Crippen LogP contribution in [0.2, 0.25) is 0 Å². The Morgan fingerprint density at radius 2 is 1.87 bits per heavy atom. The van der Waals surface area contributed by atoms with Gasteiger partial charge in [0.2, 0.25) is 0 Å². The van der Waals surface area contributed by atoms with Gasteiger partial charge in [0.15, 0.2) is 0 Å². The number of carbonyl (C=O) groups excluding carboxylic acids is 1. The average Bonchev–Trinajstić information content (AvgIpc) is 3.11. The minimum Gasteiger partial charge on any atom is -0.497 e. The number of fused-ring (bicyclic) bond motifs is 1. The first-order chi connectivity index (χ1) is 14.8. The van der Waals surface area contributed by atoms with Crippen LogP contribution in [0.4, 0.5) is 9.18 Å². The molecule has 0 N–H and O–H groups in total. The summed E-state index contributed by atoms with van der Waals surface area (Å²) in [6.45, 7) is 6.79. The second-order valence-electron chi connectivity index (χ2n) is 8.38. The summed E-state index contributed by atoms with van der Waals surface area (Å²) in [6.07, 6.45) is 2.99. The molecule has 1 aromatic carbocycles. The largest absolute Gasteiger partial charge is 0.497 e. The van der Waals surface area contributed by atoms with E-state index in [-0.39, 0.29) is 6.09 Å². The molecule has 0 saturated carbocycles. The van der Waals surface area contributed by atoms with Crippen molar-refractivity contribution in [3.63, 3.8) is 0 Å². The number of halogens is 1. The number of ether oxygens (including phenoxy) is 2. The van der Waals surface area contributed by atoms with E-state index in [0.29, 0.717) is 36.6 Å². The fourth-order valence-corrected chi connectivity index (χ4v) is 3.63. The van der Waals surface area contributed by atoms with E-state index in [4.69, 9.17) is 14.6 Å². The maximum Gasteiger partial charge on any atom is 0.410 e. The Hall–Kier alpha value is -3.42. The number of pyridine rings is 1. The fourth-order valence-electron chi connectivity index (χ4n) is 3.63. The Bertz CT molecular complexity index is 1110. The molecule has 1 aliphatic rings. The lowest BCUT2D eigenvalue weighted by Crippen LogP contribution is -2.41. The quantitative estimate of drug-likeness (QED) is 0.619. The average molecular weight is 424 g/mol. The van der Waals surface area contributed by atoms with Gasteiger partial charge in [0.05, 0.1) is 25.9 Å². The Balaban J connectivity index is 1.80. The molecular formula is C23H25FN4O3. The highest BCUT2D eigenvalue weighted by Gasteiger charge is 2.31. The van der Waals surface area contributed by atoms with E-state index in [9.17, 15) is 9.18 Å². The lowest BCUT2D eigenvalue weighted by molar-refractivity contribution is 0.0195. The first kappa shape index (κ1) is 20.8. The molecule has 0 saturated heterocycles. The van der Waals surface area contributed by atoms with Crippen LogP contribution in [0.3, 0.4) is 0 Å². The number of aromatic nitrogens is 3. The number of benzene rings is 1. The number of hydrogen-bond acceptors (Lipinski definition) is 5. The summed E-state index contributed by atoms with van der Waals surface area (Å²) in [4.78, 5) is 18.4. The van der Waals surface area contributed by atoms with Crippen LogP contribution < -0.4 is 4.74 Å². The first-order valence-corrected chi connectivity index (χ1v) is 10.1. The maximum absolute atomic E-state index is 14.9. The van der Waals surface area contributed by atoms with Gasteiger partial charge < -0.3 is 14.4 Å². The van der Waals surface area contributed by atoms with E-state index in [1.54, 1.807) is 29.4 Å². The highest BCUT2D eigenvalue weighted by Crippen LogP contribution is 2.38. The van der Waals surface area contributed by atoms with Crippen LogP contribution in [0.1, 0.15) is 26.5 Å². The molecule has 8 heteroatoms. The third kappa shape index (κ3) is 4.23. The van der Waals surface area contributed by atoms with Gasteiger partial charge in [0.25, 0.3) is 0 Å². The Morgan fingerprint density at radius 1 is 1.13 bits per heavy atom. The van der Waals surface area contributed by atoms with Crippen molar-refractivity contribution in [2.24, 2.45) is 0 Å². The summed E-state index contributed by atoms with van der Waals surface area (Å²) in [7, 11) is 1.50. The van der Waals surface area contributed by atoms with Crippen LogP contribution in [0, 0.1) is 5.82 Å². The van der Waals surface area contributed by atoms with Gasteiger partial charge in [0.1, 0.15) is 22.9 Å². The third-order valence-corrected chi connectivity index (χ3v) is 5.03. The van der Waals surface area contributed by atoms with Crippen molar-refractivity contribution in [1.29, 1.82) is 0 Å². The monoisotopic (exact) mass is 424 g/mol. The standard InChI is InChI=1S/C23H25FN4O3/c1-23(2,3)31-22(29)27-11-12-28-19(14-27)20(15-7-9-25-10-8-15)21(26-28)17-6-5-16(30-4)13-18(17)24/h5-10,13H,11-12,14H2,1-4H3. The van der Waals surface area contributed by atoms with Crippen LogP contribution in [-0.4, -0.2) is 45.0 Å². The normalized spacial score (nSPS) is 13.6. The van der Waals surface area contributed by atoms with Crippen molar-refractivity contribution in [1.82, 2.24) is 19.7 Å². The Labute approximate surface area is 180 Å². The molecule has 162 valence electrons. The molecule has 3 heterocycles. The van der Waals surface area contributed by atoms with Gasteiger partial charge in [-0.2, -0.15) is 5.10 Å². The van der Waals surface area contributed by atoms with Gasteiger partial charge in [-0.1, -0.05) is 0 Å². The lowest BCUT2D eigenvalue weighted by Gasteiger charge is -2.30. The van der Waals surface area contributed by atoms with Crippen molar-refractivity contribution in [3.05, 3.63) is 54.2 Å². The Kier molecular flexibility index (Phi) is 5.39. The molecule has 0 spiro atoms. The van der Waals surface area contributed by atoms with Crippen molar-refractivity contribution in [2.45, 2.75) is 39.5 Å². The fraction of sp³-hybridized carbons (Fsp3) is 0.348. The number of amides is 1. The van der Waals surface area contributed by atoms with E-state index in [2.05, 4.69) is 4.98 Å². The van der Waals surface area contributed by atoms with Crippen molar-refractivity contribution in [2.75, 3.05) is 13.7 Å². The predicted octanol–water partition coefficient (Wildman–Crippen LogP) is 4.51. The van der Waals surface area contributed by atoms with E-state index >= 15 is 0 Å². The first-order valence-electron chi connectivity index (χ1n) is 10.1.